The molecular weight excluding hydrogens is 270 g/mol. The highest BCUT2D eigenvalue weighted by Gasteiger charge is 2.13. The number of nitrogens with one attached hydrogen (secondary N) is 1. The minimum absolute atomic E-state index is 0.195. The van der Waals surface area contributed by atoms with Crippen LogP contribution in [0.2, 0.25) is 0 Å². The number of hydrogen-bond donors (Lipinski definition) is 3. The third kappa shape index (κ3) is 7.65. The summed E-state index contributed by atoms with van der Waals surface area (Å²) in [5, 5.41) is 11.9. The Labute approximate surface area is 125 Å². The van der Waals surface area contributed by atoms with Crippen LogP contribution in [0.4, 0.5) is 0 Å². The number of nitrogens with two attached hydrogens (primary N) is 1. The average molecular weight is 295 g/mol. The summed E-state index contributed by atoms with van der Waals surface area (Å²) in [6.07, 6.45) is 0.438. The quantitative estimate of drug-likeness (QED) is 0.556. The molecule has 0 fully saturated rings. The number of carbonyl (C=O) groups is 1. The van der Waals surface area contributed by atoms with Crippen molar-refractivity contribution in [3.8, 4) is 5.75 Å². The van der Waals surface area contributed by atoms with Gasteiger partial charge in [-0.1, -0.05) is 12.1 Å². The van der Waals surface area contributed by atoms with E-state index in [1.165, 1.54) is 0 Å². The third-order valence-electron chi connectivity index (χ3n) is 2.96. The van der Waals surface area contributed by atoms with Crippen molar-refractivity contribution in [2.24, 2.45) is 5.73 Å². The van der Waals surface area contributed by atoms with Gasteiger partial charge in [0.25, 0.3) is 0 Å². The predicted molar refractivity (Wildman–Crippen MR) is 82.2 cm³/mol. The number of amides is 1. The summed E-state index contributed by atoms with van der Waals surface area (Å²) in [6.45, 7) is 2.43. The van der Waals surface area contributed by atoms with Crippen LogP contribution in [0.1, 0.15) is 5.56 Å². The molecule has 21 heavy (non-hydrogen) atoms. The first-order valence-corrected chi connectivity index (χ1v) is 7.02. The number of phenols is 1. The maximum absolute atomic E-state index is 11.8. The monoisotopic (exact) mass is 295 g/mol. The van der Waals surface area contributed by atoms with E-state index in [2.05, 4.69) is 5.32 Å². The summed E-state index contributed by atoms with van der Waals surface area (Å²) in [4.78, 5) is 13.8. The largest absolute Gasteiger partial charge is 0.508 e. The van der Waals surface area contributed by atoms with Crippen molar-refractivity contribution >= 4 is 5.91 Å². The minimum atomic E-state index is -0.601. The molecule has 1 aromatic rings. The molecule has 0 spiro atoms. The number of aromatic hydroxyl groups is 1. The van der Waals surface area contributed by atoms with Gasteiger partial charge in [0.1, 0.15) is 5.75 Å². The molecule has 118 valence electrons. The molecule has 6 heteroatoms. The van der Waals surface area contributed by atoms with Crippen LogP contribution in [0, 0.1) is 0 Å². The number of rotatable bonds is 9. The fraction of sp³-hybridized carbons (Fsp3) is 0.533. The second kappa shape index (κ2) is 9.33. The van der Waals surface area contributed by atoms with Gasteiger partial charge in [-0.25, -0.2) is 0 Å². The Morgan fingerprint density at radius 1 is 1.33 bits per heavy atom. The summed E-state index contributed by atoms with van der Waals surface area (Å²) < 4.78 is 5.38. The molecule has 4 N–H and O–H groups in total. The van der Waals surface area contributed by atoms with Gasteiger partial charge in [-0.05, 0) is 38.2 Å². The Bertz CT molecular complexity index is 421. The second-order valence-corrected chi connectivity index (χ2v) is 5.18. The number of phenolic OH excluding ortho intramolecular Hbond substituents is 1. The Balaban J connectivity index is 2.18. The lowest BCUT2D eigenvalue weighted by atomic mass is 10.1. The van der Waals surface area contributed by atoms with Gasteiger partial charge in [0.15, 0.2) is 0 Å². The molecule has 0 unspecified atom stereocenters. The fourth-order valence-electron chi connectivity index (χ4n) is 1.71. The van der Waals surface area contributed by atoms with E-state index in [4.69, 9.17) is 10.5 Å². The highest BCUT2D eigenvalue weighted by Crippen LogP contribution is 2.10. The summed E-state index contributed by atoms with van der Waals surface area (Å²) in [5.74, 6) is 0.00549. The standard InChI is InChI=1S/C15H25N3O3/c1-18(2)8-10-21-9-7-17-15(20)14(16)11-12-3-5-13(19)6-4-12/h3-6,14,19H,7-11,16H2,1-2H3,(H,17,20)/t14-/m0/s1. The van der Waals surface area contributed by atoms with Crippen LogP contribution in [-0.2, 0) is 16.0 Å². The fourth-order valence-corrected chi connectivity index (χ4v) is 1.71. The molecule has 1 atom stereocenters. The molecular formula is C15H25N3O3. The lowest BCUT2D eigenvalue weighted by Gasteiger charge is -2.13. The number of benzene rings is 1. The summed E-state index contributed by atoms with van der Waals surface area (Å²) in [7, 11) is 3.96. The Morgan fingerprint density at radius 2 is 2.00 bits per heavy atom. The van der Waals surface area contributed by atoms with Crippen LogP contribution < -0.4 is 11.1 Å². The number of carbonyl (C=O) groups excluding carboxylic acids is 1. The number of ether oxygens (including phenoxy) is 1. The maximum Gasteiger partial charge on any atom is 0.237 e. The summed E-state index contributed by atoms with van der Waals surface area (Å²) >= 11 is 0. The van der Waals surface area contributed by atoms with Crippen LogP contribution in [0.5, 0.6) is 5.75 Å². The van der Waals surface area contributed by atoms with Gasteiger partial charge in [0.2, 0.25) is 5.91 Å². The van der Waals surface area contributed by atoms with Crippen molar-refractivity contribution in [3.63, 3.8) is 0 Å². The molecule has 0 saturated carbocycles. The number of nitrogens with zero attached hydrogens (tertiary/aromatic N) is 1. The minimum Gasteiger partial charge on any atom is -0.508 e. The predicted octanol–water partition coefficient (Wildman–Crippen LogP) is -0.0436. The van der Waals surface area contributed by atoms with Gasteiger partial charge in [-0.15, -0.1) is 0 Å². The van der Waals surface area contributed by atoms with Gasteiger partial charge in [-0.2, -0.15) is 0 Å². The van der Waals surface area contributed by atoms with Crippen LogP contribution >= 0.6 is 0 Å². The normalized spacial score (nSPS) is 12.4. The molecule has 0 heterocycles. The topological polar surface area (TPSA) is 87.8 Å². The van der Waals surface area contributed by atoms with Gasteiger partial charge in [-0.3, -0.25) is 4.79 Å². The maximum atomic E-state index is 11.8. The van der Waals surface area contributed by atoms with Crippen LogP contribution in [0.25, 0.3) is 0 Å². The number of likely N-dealkylation sites (N-methyl/N-ethyl adjacent to an activating group) is 1. The molecule has 0 saturated heterocycles. The molecule has 0 aliphatic rings. The van der Waals surface area contributed by atoms with Crippen molar-refractivity contribution in [3.05, 3.63) is 29.8 Å². The lowest BCUT2D eigenvalue weighted by Crippen LogP contribution is -2.43. The summed E-state index contributed by atoms with van der Waals surface area (Å²) in [5.41, 5.74) is 6.76. The first-order valence-electron chi connectivity index (χ1n) is 7.02. The highest BCUT2D eigenvalue weighted by molar-refractivity contribution is 5.81. The molecule has 6 nitrogen and oxygen atoms in total. The van der Waals surface area contributed by atoms with Crippen molar-refractivity contribution in [1.29, 1.82) is 0 Å². The van der Waals surface area contributed by atoms with E-state index in [0.717, 1.165) is 12.1 Å². The lowest BCUT2D eigenvalue weighted by molar-refractivity contribution is -0.122. The zero-order valence-corrected chi connectivity index (χ0v) is 12.7. The van der Waals surface area contributed by atoms with E-state index in [1.807, 2.05) is 19.0 Å². The Kier molecular flexibility index (Phi) is 7.74. The Hall–Kier alpha value is -1.63. The van der Waals surface area contributed by atoms with E-state index in [0.29, 0.717) is 26.2 Å². The number of hydrogen-bond acceptors (Lipinski definition) is 5. The van der Waals surface area contributed by atoms with Gasteiger partial charge in [0.05, 0.1) is 19.3 Å². The van der Waals surface area contributed by atoms with Gasteiger partial charge in [0, 0.05) is 13.1 Å². The zero-order chi connectivity index (χ0) is 15.7. The molecule has 0 aliphatic carbocycles. The van der Waals surface area contributed by atoms with Crippen molar-refractivity contribution in [1.82, 2.24) is 10.2 Å². The molecule has 0 aliphatic heterocycles. The first kappa shape index (κ1) is 17.4. The van der Waals surface area contributed by atoms with Crippen LogP contribution in [-0.4, -0.2) is 62.4 Å². The van der Waals surface area contributed by atoms with Crippen LogP contribution in [0.15, 0.2) is 24.3 Å². The third-order valence-corrected chi connectivity index (χ3v) is 2.96. The van der Waals surface area contributed by atoms with Gasteiger partial charge < -0.3 is 25.8 Å². The van der Waals surface area contributed by atoms with E-state index in [1.54, 1.807) is 24.3 Å². The van der Waals surface area contributed by atoms with E-state index in [9.17, 15) is 9.90 Å². The van der Waals surface area contributed by atoms with E-state index >= 15 is 0 Å². The molecule has 1 amide bonds. The highest BCUT2D eigenvalue weighted by atomic mass is 16.5. The van der Waals surface area contributed by atoms with Crippen molar-refractivity contribution < 1.29 is 14.6 Å². The molecule has 1 aromatic carbocycles. The molecule has 1 rings (SSSR count). The summed E-state index contributed by atoms with van der Waals surface area (Å²) in [6, 6.07) is 6.08. The smallest absolute Gasteiger partial charge is 0.237 e. The van der Waals surface area contributed by atoms with E-state index < -0.39 is 6.04 Å². The average Bonchev–Trinajstić information content (AvgIpc) is 2.44. The van der Waals surface area contributed by atoms with Crippen molar-refractivity contribution in [2.45, 2.75) is 12.5 Å². The molecule has 0 aromatic heterocycles. The second-order valence-electron chi connectivity index (χ2n) is 5.18. The van der Waals surface area contributed by atoms with Crippen molar-refractivity contribution in [2.75, 3.05) is 40.4 Å². The zero-order valence-electron chi connectivity index (χ0n) is 12.7. The SMILES string of the molecule is CN(C)CCOCCNC(=O)[C@@H](N)Cc1ccc(O)cc1. The Morgan fingerprint density at radius 3 is 2.62 bits per heavy atom. The van der Waals surface area contributed by atoms with Gasteiger partial charge >= 0.3 is 0 Å². The first-order chi connectivity index (χ1) is 9.99. The van der Waals surface area contributed by atoms with Crippen LogP contribution in [0.3, 0.4) is 0 Å². The molecule has 0 bridgehead atoms. The van der Waals surface area contributed by atoms with E-state index in [-0.39, 0.29) is 11.7 Å². The molecule has 0 radical (unpaired) electrons.